The average molecular weight is 159 g/mol. The topological polar surface area (TPSA) is 26.3 Å². The molecule has 0 unspecified atom stereocenters. The molecule has 1 aliphatic heterocycles. The average Bonchev–Trinajstić information content (AvgIpc) is 2.54. The number of rotatable bonds is 1. The Balaban J connectivity index is 2.33. The first-order valence-electron chi connectivity index (χ1n) is 3.71. The molecular formula is C10H7O2. The zero-order chi connectivity index (χ0) is 8.39. The highest BCUT2D eigenvalue weighted by atomic mass is 16.5. The second-order valence-corrected chi connectivity index (χ2v) is 2.54. The Hall–Kier alpha value is -1.57. The number of ether oxygens (including phenoxy) is 1. The molecule has 1 aromatic rings. The molecule has 59 valence electrons. The predicted octanol–water partition coefficient (Wildman–Crippen LogP) is 1.43. The molecule has 0 atom stereocenters. The van der Waals surface area contributed by atoms with Crippen LogP contribution in [-0.2, 0) is 9.53 Å². The molecule has 12 heavy (non-hydrogen) atoms. The van der Waals surface area contributed by atoms with Crippen LogP contribution in [0.1, 0.15) is 5.56 Å². The van der Waals surface area contributed by atoms with E-state index in [4.69, 9.17) is 4.74 Å². The lowest BCUT2D eigenvalue weighted by atomic mass is 10.2. The van der Waals surface area contributed by atoms with Crippen LogP contribution in [0.25, 0.3) is 5.76 Å². The number of hydrogen-bond donors (Lipinski definition) is 0. The first kappa shape index (κ1) is 7.10. The molecule has 0 fully saturated rings. The molecule has 0 aliphatic carbocycles. The van der Waals surface area contributed by atoms with Gasteiger partial charge in [0.1, 0.15) is 5.76 Å². The highest BCUT2D eigenvalue weighted by molar-refractivity contribution is 5.99. The van der Waals surface area contributed by atoms with Gasteiger partial charge in [0.2, 0.25) is 0 Å². The van der Waals surface area contributed by atoms with E-state index in [1.54, 1.807) is 6.07 Å². The summed E-state index contributed by atoms with van der Waals surface area (Å²) in [6.07, 6.45) is 1.51. The van der Waals surface area contributed by atoms with Crippen LogP contribution in [0.3, 0.4) is 0 Å². The van der Waals surface area contributed by atoms with Crippen molar-refractivity contribution < 1.29 is 9.53 Å². The van der Waals surface area contributed by atoms with Crippen LogP contribution >= 0.6 is 0 Å². The minimum absolute atomic E-state index is 0.0160. The number of hydrogen-bond acceptors (Lipinski definition) is 2. The van der Waals surface area contributed by atoms with Crippen LogP contribution in [-0.4, -0.2) is 12.4 Å². The van der Waals surface area contributed by atoms with Crippen molar-refractivity contribution in [2.45, 2.75) is 0 Å². The Labute approximate surface area is 70.5 Å². The number of ketones is 1. The fourth-order valence-corrected chi connectivity index (χ4v) is 1.08. The summed E-state index contributed by atoms with van der Waals surface area (Å²) in [5, 5.41) is 0. The largest absolute Gasteiger partial charge is 0.485 e. The van der Waals surface area contributed by atoms with Gasteiger partial charge in [-0.15, -0.1) is 0 Å². The standard InChI is InChI=1S/C10H7O2/c11-9-6-10(12-7-9)8-4-2-1-3-5-8/h1-4,6H,7H2. The van der Waals surface area contributed by atoms with Gasteiger partial charge in [0.15, 0.2) is 12.4 Å². The minimum atomic E-state index is 0.0160. The Bertz CT molecular complexity index is 325. The summed E-state index contributed by atoms with van der Waals surface area (Å²) in [6.45, 7) is 0.165. The summed E-state index contributed by atoms with van der Waals surface area (Å²) >= 11 is 0. The quantitative estimate of drug-likeness (QED) is 0.619. The third-order valence-corrected chi connectivity index (χ3v) is 1.64. The van der Waals surface area contributed by atoms with Crippen LogP contribution < -0.4 is 0 Å². The Morgan fingerprint density at radius 1 is 1.42 bits per heavy atom. The molecule has 0 amide bonds. The van der Waals surface area contributed by atoms with Crippen LogP contribution in [0, 0.1) is 6.07 Å². The highest BCUT2D eigenvalue weighted by Crippen LogP contribution is 2.18. The molecule has 1 aromatic carbocycles. The van der Waals surface area contributed by atoms with Gasteiger partial charge in [-0.05, 0) is 6.07 Å². The molecule has 2 heteroatoms. The summed E-state index contributed by atoms with van der Waals surface area (Å²) in [4.78, 5) is 10.8. The van der Waals surface area contributed by atoms with Gasteiger partial charge in [-0.3, -0.25) is 4.79 Å². The van der Waals surface area contributed by atoms with E-state index in [0.29, 0.717) is 5.76 Å². The monoisotopic (exact) mass is 159 g/mol. The van der Waals surface area contributed by atoms with Crippen molar-refractivity contribution in [3.8, 4) is 0 Å². The molecule has 0 saturated carbocycles. The Morgan fingerprint density at radius 2 is 2.33 bits per heavy atom. The van der Waals surface area contributed by atoms with Crippen LogP contribution in [0.5, 0.6) is 0 Å². The summed E-state index contributed by atoms with van der Waals surface area (Å²) in [5.41, 5.74) is 0.836. The van der Waals surface area contributed by atoms with Crippen LogP contribution in [0.4, 0.5) is 0 Å². The van der Waals surface area contributed by atoms with Crippen molar-refractivity contribution in [2.75, 3.05) is 6.61 Å². The molecule has 0 N–H and O–H groups in total. The Morgan fingerprint density at radius 3 is 2.92 bits per heavy atom. The van der Waals surface area contributed by atoms with E-state index < -0.39 is 0 Å². The van der Waals surface area contributed by atoms with Gasteiger partial charge in [-0.1, -0.05) is 24.3 Å². The lowest BCUT2D eigenvalue weighted by Gasteiger charge is -2.00. The van der Waals surface area contributed by atoms with Crippen LogP contribution in [0.15, 0.2) is 30.3 Å². The van der Waals surface area contributed by atoms with Crippen molar-refractivity contribution in [3.05, 3.63) is 42.0 Å². The maximum atomic E-state index is 10.8. The van der Waals surface area contributed by atoms with Crippen molar-refractivity contribution in [1.29, 1.82) is 0 Å². The van der Waals surface area contributed by atoms with Crippen molar-refractivity contribution in [1.82, 2.24) is 0 Å². The fourth-order valence-electron chi connectivity index (χ4n) is 1.08. The van der Waals surface area contributed by atoms with E-state index in [9.17, 15) is 4.79 Å². The number of carbonyl (C=O) groups excluding carboxylic acids is 1. The molecule has 2 rings (SSSR count). The van der Waals surface area contributed by atoms with Crippen molar-refractivity contribution in [2.24, 2.45) is 0 Å². The summed E-state index contributed by atoms with van der Waals surface area (Å²) in [7, 11) is 0. The molecule has 0 spiro atoms. The molecule has 0 bridgehead atoms. The van der Waals surface area contributed by atoms with E-state index in [0.717, 1.165) is 5.56 Å². The maximum absolute atomic E-state index is 10.8. The second-order valence-electron chi connectivity index (χ2n) is 2.54. The first-order chi connectivity index (χ1) is 5.86. The number of benzene rings is 1. The zero-order valence-corrected chi connectivity index (χ0v) is 6.41. The molecule has 1 aliphatic rings. The normalized spacial score (nSPS) is 15.7. The molecule has 1 heterocycles. The predicted molar refractivity (Wildman–Crippen MR) is 44.2 cm³/mol. The lowest BCUT2D eigenvalue weighted by Crippen LogP contribution is -1.92. The van der Waals surface area contributed by atoms with Gasteiger partial charge in [0, 0.05) is 11.6 Å². The summed E-state index contributed by atoms with van der Waals surface area (Å²) < 4.78 is 5.13. The molecular weight excluding hydrogens is 152 g/mol. The van der Waals surface area contributed by atoms with Gasteiger partial charge >= 0.3 is 0 Å². The van der Waals surface area contributed by atoms with Crippen LogP contribution in [0.2, 0.25) is 0 Å². The maximum Gasteiger partial charge on any atom is 0.196 e. The summed E-state index contributed by atoms with van der Waals surface area (Å²) in [6, 6.07) is 10.4. The van der Waals surface area contributed by atoms with E-state index in [1.165, 1.54) is 6.08 Å². The smallest absolute Gasteiger partial charge is 0.196 e. The highest BCUT2D eigenvalue weighted by Gasteiger charge is 2.13. The van der Waals surface area contributed by atoms with E-state index in [-0.39, 0.29) is 12.4 Å². The van der Waals surface area contributed by atoms with Gasteiger partial charge in [-0.25, -0.2) is 0 Å². The molecule has 2 nitrogen and oxygen atoms in total. The Kier molecular flexibility index (Phi) is 1.67. The number of carbonyl (C=O) groups is 1. The van der Waals surface area contributed by atoms with Crippen molar-refractivity contribution in [3.63, 3.8) is 0 Å². The van der Waals surface area contributed by atoms with Crippen molar-refractivity contribution >= 4 is 11.5 Å². The SMILES string of the molecule is O=C1C=C(c2[c]cccc2)OC1. The van der Waals surface area contributed by atoms with E-state index in [2.05, 4.69) is 6.07 Å². The zero-order valence-electron chi connectivity index (χ0n) is 6.41. The molecule has 0 saturated heterocycles. The third-order valence-electron chi connectivity index (χ3n) is 1.64. The van der Waals surface area contributed by atoms with Gasteiger partial charge in [0.05, 0.1) is 0 Å². The minimum Gasteiger partial charge on any atom is -0.485 e. The second kappa shape index (κ2) is 2.81. The summed E-state index contributed by atoms with van der Waals surface area (Å²) in [5.74, 6) is 0.642. The van der Waals surface area contributed by atoms with Gasteiger partial charge < -0.3 is 4.74 Å². The fraction of sp³-hybridized carbons (Fsp3) is 0.100. The van der Waals surface area contributed by atoms with Gasteiger partial charge in [0.25, 0.3) is 0 Å². The molecule has 0 aromatic heterocycles. The third kappa shape index (κ3) is 1.23. The van der Waals surface area contributed by atoms with E-state index in [1.807, 2.05) is 18.2 Å². The molecule has 1 radical (unpaired) electrons. The lowest BCUT2D eigenvalue weighted by molar-refractivity contribution is -0.115. The van der Waals surface area contributed by atoms with E-state index >= 15 is 0 Å². The first-order valence-corrected chi connectivity index (χ1v) is 3.71. The van der Waals surface area contributed by atoms with Gasteiger partial charge in [-0.2, -0.15) is 0 Å².